The molecule has 0 amide bonds. The first-order valence-electron chi connectivity index (χ1n) is 3.83. The molecular weight excluding hydrogens is 172 g/mol. The van der Waals surface area contributed by atoms with Gasteiger partial charge in [0, 0.05) is 13.0 Å². The molecule has 0 saturated carbocycles. The molecule has 4 heteroatoms. The molecule has 0 spiro atoms. The highest BCUT2D eigenvalue weighted by Gasteiger charge is 2.22. The Labute approximate surface area is 77.9 Å². The Kier molecular flexibility index (Phi) is 3.32. The third-order valence-electron chi connectivity index (χ3n) is 1.86. The molecule has 1 unspecified atom stereocenters. The zero-order chi connectivity index (χ0) is 8.97. The van der Waals surface area contributed by atoms with Crippen LogP contribution in [0.3, 0.4) is 0 Å². The summed E-state index contributed by atoms with van der Waals surface area (Å²) in [5, 5.41) is 0.415. The van der Waals surface area contributed by atoms with Crippen molar-refractivity contribution in [1.82, 2.24) is 4.90 Å². The third kappa shape index (κ3) is 2.10. The molecule has 2 N–H and O–H groups in total. The van der Waals surface area contributed by atoms with Crippen LogP contribution >= 0.6 is 12.2 Å². The second-order valence-corrected chi connectivity index (χ2v) is 3.09. The van der Waals surface area contributed by atoms with Gasteiger partial charge in [0.1, 0.15) is 0 Å². The van der Waals surface area contributed by atoms with Crippen LogP contribution in [0.2, 0.25) is 0 Å². The SMILES string of the molecule is C#CCC1COCCN1C(N)=S. The molecule has 66 valence electrons. The molecule has 1 fully saturated rings. The normalized spacial score (nSPS) is 23.2. The van der Waals surface area contributed by atoms with Gasteiger partial charge in [-0.25, -0.2) is 0 Å². The maximum atomic E-state index is 5.52. The monoisotopic (exact) mass is 184 g/mol. The van der Waals surface area contributed by atoms with Gasteiger partial charge in [-0.05, 0) is 12.2 Å². The van der Waals surface area contributed by atoms with Crippen molar-refractivity contribution in [2.45, 2.75) is 12.5 Å². The van der Waals surface area contributed by atoms with Crippen molar-refractivity contribution in [2.75, 3.05) is 19.8 Å². The topological polar surface area (TPSA) is 38.5 Å². The number of hydrogen-bond acceptors (Lipinski definition) is 2. The first-order valence-corrected chi connectivity index (χ1v) is 4.24. The summed E-state index contributed by atoms with van der Waals surface area (Å²) in [5.41, 5.74) is 5.52. The molecule has 0 aromatic carbocycles. The minimum Gasteiger partial charge on any atom is -0.377 e. The molecule has 3 nitrogen and oxygen atoms in total. The number of nitrogens with zero attached hydrogens (tertiary/aromatic N) is 1. The van der Waals surface area contributed by atoms with Gasteiger partial charge in [-0.1, -0.05) is 0 Å². The Morgan fingerprint density at radius 2 is 2.58 bits per heavy atom. The minimum absolute atomic E-state index is 0.168. The van der Waals surface area contributed by atoms with Crippen molar-refractivity contribution in [2.24, 2.45) is 5.73 Å². The van der Waals surface area contributed by atoms with Crippen LogP contribution in [0.1, 0.15) is 6.42 Å². The Morgan fingerprint density at radius 1 is 1.83 bits per heavy atom. The van der Waals surface area contributed by atoms with Crippen LogP contribution in [-0.4, -0.2) is 35.8 Å². The van der Waals surface area contributed by atoms with E-state index in [0.29, 0.717) is 24.7 Å². The fourth-order valence-corrected chi connectivity index (χ4v) is 1.49. The largest absolute Gasteiger partial charge is 0.377 e. The van der Waals surface area contributed by atoms with Crippen molar-refractivity contribution >= 4 is 17.3 Å². The van der Waals surface area contributed by atoms with E-state index in [1.807, 2.05) is 4.90 Å². The molecule has 1 atom stereocenters. The number of morpholine rings is 1. The van der Waals surface area contributed by atoms with Crippen LogP contribution in [0.15, 0.2) is 0 Å². The maximum absolute atomic E-state index is 5.52. The zero-order valence-electron chi connectivity index (χ0n) is 6.82. The van der Waals surface area contributed by atoms with Gasteiger partial charge in [-0.2, -0.15) is 0 Å². The van der Waals surface area contributed by atoms with E-state index in [-0.39, 0.29) is 6.04 Å². The Hall–Kier alpha value is -0.790. The van der Waals surface area contributed by atoms with Gasteiger partial charge >= 0.3 is 0 Å². The van der Waals surface area contributed by atoms with E-state index < -0.39 is 0 Å². The molecule has 1 heterocycles. The summed E-state index contributed by atoms with van der Waals surface area (Å²) in [6.45, 7) is 2.06. The van der Waals surface area contributed by atoms with E-state index in [9.17, 15) is 0 Å². The number of nitrogens with two attached hydrogens (primary N) is 1. The molecule has 0 aliphatic carbocycles. The Morgan fingerprint density at radius 3 is 3.17 bits per heavy atom. The van der Waals surface area contributed by atoms with Gasteiger partial charge in [0.15, 0.2) is 5.11 Å². The van der Waals surface area contributed by atoms with Crippen LogP contribution in [0.5, 0.6) is 0 Å². The summed E-state index contributed by atoms with van der Waals surface area (Å²) in [5.74, 6) is 2.59. The first-order chi connectivity index (χ1) is 5.75. The van der Waals surface area contributed by atoms with Crippen LogP contribution in [0.4, 0.5) is 0 Å². The van der Waals surface area contributed by atoms with Crippen LogP contribution < -0.4 is 5.73 Å². The number of thiocarbonyl (C=S) groups is 1. The van der Waals surface area contributed by atoms with Crippen LogP contribution in [-0.2, 0) is 4.74 Å². The lowest BCUT2D eigenvalue weighted by Gasteiger charge is -2.34. The average molecular weight is 184 g/mol. The van der Waals surface area contributed by atoms with E-state index in [1.165, 1.54) is 0 Å². The smallest absolute Gasteiger partial charge is 0.166 e. The lowest BCUT2D eigenvalue weighted by Crippen LogP contribution is -2.50. The minimum atomic E-state index is 0.168. The van der Waals surface area contributed by atoms with E-state index >= 15 is 0 Å². The first kappa shape index (κ1) is 9.30. The van der Waals surface area contributed by atoms with Gasteiger partial charge in [0.25, 0.3) is 0 Å². The van der Waals surface area contributed by atoms with Gasteiger partial charge < -0.3 is 15.4 Å². The second kappa shape index (κ2) is 4.29. The van der Waals surface area contributed by atoms with E-state index in [4.69, 9.17) is 29.1 Å². The van der Waals surface area contributed by atoms with Gasteiger partial charge in [0.2, 0.25) is 0 Å². The standard InChI is InChI=1S/C8H12N2OS/c1-2-3-7-6-11-5-4-10(7)8(9)12/h1,7H,3-6H2,(H2,9,12). The lowest BCUT2D eigenvalue weighted by atomic mass is 10.2. The quantitative estimate of drug-likeness (QED) is 0.458. The molecule has 12 heavy (non-hydrogen) atoms. The molecule has 1 aliphatic heterocycles. The van der Waals surface area contributed by atoms with Gasteiger partial charge in [-0.3, -0.25) is 0 Å². The van der Waals surface area contributed by atoms with Crippen molar-refractivity contribution in [1.29, 1.82) is 0 Å². The maximum Gasteiger partial charge on any atom is 0.166 e. The van der Waals surface area contributed by atoms with Crippen molar-refractivity contribution in [3.63, 3.8) is 0 Å². The molecule has 0 radical (unpaired) electrons. The molecular formula is C8H12N2OS. The molecule has 1 rings (SSSR count). The van der Waals surface area contributed by atoms with Crippen molar-refractivity contribution in [3.05, 3.63) is 0 Å². The predicted octanol–water partition coefficient (Wildman–Crippen LogP) is -0.0459. The Bertz CT molecular complexity index is 212. The lowest BCUT2D eigenvalue weighted by molar-refractivity contribution is 0.0290. The summed E-state index contributed by atoms with van der Waals surface area (Å²) in [4.78, 5) is 1.93. The fourth-order valence-electron chi connectivity index (χ4n) is 1.25. The average Bonchev–Trinajstić information content (AvgIpc) is 2.05. The van der Waals surface area contributed by atoms with Gasteiger partial charge in [0.05, 0.1) is 19.3 Å². The number of terminal acetylenes is 1. The summed E-state index contributed by atoms with van der Waals surface area (Å²) in [7, 11) is 0. The summed E-state index contributed by atoms with van der Waals surface area (Å²) < 4.78 is 5.26. The second-order valence-electron chi connectivity index (χ2n) is 2.67. The third-order valence-corrected chi connectivity index (χ3v) is 2.10. The molecule has 1 saturated heterocycles. The van der Waals surface area contributed by atoms with Crippen LogP contribution in [0.25, 0.3) is 0 Å². The number of rotatable bonds is 1. The van der Waals surface area contributed by atoms with E-state index in [2.05, 4.69) is 5.92 Å². The highest BCUT2D eigenvalue weighted by molar-refractivity contribution is 7.80. The fraction of sp³-hybridized carbons (Fsp3) is 0.625. The summed E-state index contributed by atoms with van der Waals surface area (Å²) >= 11 is 4.89. The van der Waals surface area contributed by atoms with E-state index in [1.54, 1.807) is 0 Å². The van der Waals surface area contributed by atoms with Crippen LogP contribution in [0, 0.1) is 12.3 Å². The summed E-state index contributed by atoms with van der Waals surface area (Å²) in [6.07, 6.45) is 5.84. The van der Waals surface area contributed by atoms with E-state index in [0.717, 1.165) is 6.54 Å². The van der Waals surface area contributed by atoms with Crippen molar-refractivity contribution < 1.29 is 4.74 Å². The Balaban J connectivity index is 2.55. The molecule has 0 aromatic heterocycles. The predicted molar refractivity (Wildman–Crippen MR) is 51.5 cm³/mol. The highest BCUT2D eigenvalue weighted by Crippen LogP contribution is 2.09. The number of ether oxygens (including phenoxy) is 1. The highest BCUT2D eigenvalue weighted by atomic mass is 32.1. The molecule has 0 aromatic rings. The zero-order valence-corrected chi connectivity index (χ0v) is 7.64. The molecule has 1 aliphatic rings. The summed E-state index contributed by atoms with van der Waals surface area (Å²) in [6, 6.07) is 0.168. The van der Waals surface area contributed by atoms with Gasteiger partial charge in [-0.15, -0.1) is 12.3 Å². The molecule has 0 bridgehead atoms. The van der Waals surface area contributed by atoms with Crippen molar-refractivity contribution in [3.8, 4) is 12.3 Å². The number of hydrogen-bond donors (Lipinski definition) is 1.